The fourth-order valence-electron chi connectivity index (χ4n) is 2.98. The summed E-state index contributed by atoms with van der Waals surface area (Å²) in [5.41, 5.74) is 5.26. The molecule has 0 N–H and O–H groups in total. The molecule has 4 rings (SSSR count). The first-order valence-corrected chi connectivity index (χ1v) is 7.64. The Morgan fingerprint density at radius 3 is 2.73 bits per heavy atom. The number of nitrogens with zero attached hydrogens (tertiary/aromatic N) is 3. The molecule has 0 amide bonds. The van der Waals surface area contributed by atoms with Gasteiger partial charge in [0.1, 0.15) is 11.8 Å². The number of aromatic nitrogens is 2. The van der Waals surface area contributed by atoms with Gasteiger partial charge in [-0.3, -0.25) is 0 Å². The van der Waals surface area contributed by atoms with E-state index in [0.717, 1.165) is 29.1 Å². The Kier molecular flexibility index (Phi) is 3.10. The molecule has 0 unspecified atom stereocenters. The first-order chi connectivity index (χ1) is 10.7. The van der Waals surface area contributed by atoms with Crippen molar-refractivity contribution in [2.45, 2.75) is 19.5 Å². The number of imidazole rings is 1. The first-order valence-electron chi connectivity index (χ1n) is 7.64. The molecule has 0 radical (unpaired) electrons. The molecule has 3 aromatic rings. The number of rotatable bonds is 2. The number of aryl methyl sites for hydroxylation is 1. The standard InChI is InChI=1S/C18H18FN3/c1-13-2-4-14(5-3-13)17-12-22-9-7-16(10-18(22)20-17)21-8-6-15(19)11-21/h2-5,7,9-10,12,15H,6,8,11H2,1H3/t15-/m0/s1. The van der Waals surface area contributed by atoms with Gasteiger partial charge in [-0.05, 0) is 19.4 Å². The minimum Gasteiger partial charge on any atom is -0.368 e. The largest absolute Gasteiger partial charge is 0.368 e. The summed E-state index contributed by atoms with van der Waals surface area (Å²) in [4.78, 5) is 6.79. The molecule has 0 aliphatic carbocycles. The van der Waals surface area contributed by atoms with Crippen LogP contribution in [-0.2, 0) is 0 Å². The summed E-state index contributed by atoms with van der Waals surface area (Å²) in [6, 6.07) is 12.4. The highest BCUT2D eigenvalue weighted by Crippen LogP contribution is 2.25. The fraction of sp³-hybridized carbons (Fsp3) is 0.278. The number of benzene rings is 1. The molecule has 3 nitrogen and oxygen atoms in total. The van der Waals surface area contributed by atoms with Gasteiger partial charge in [0.15, 0.2) is 0 Å². The van der Waals surface area contributed by atoms with Crippen LogP contribution < -0.4 is 4.90 Å². The monoisotopic (exact) mass is 295 g/mol. The third-order valence-electron chi connectivity index (χ3n) is 4.29. The summed E-state index contributed by atoms with van der Waals surface area (Å²) in [5, 5.41) is 0. The molecule has 22 heavy (non-hydrogen) atoms. The van der Waals surface area contributed by atoms with Gasteiger partial charge in [-0.2, -0.15) is 0 Å². The van der Waals surface area contributed by atoms with Crippen molar-refractivity contribution >= 4 is 11.3 Å². The summed E-state index contributed by atoms with van der Waals surface area (Å²) in [6.45, 7) is 3.35. The van der Waals surface area contributed by atoms with Crippen LogP contribution in [0.2, 0.25) is 0 Å². The number of halogens is 1. The van der Waals surface area contributed by atoms with Gasteiger partial charge in [0.25, 0.3) is 0 Å². The van der Waals surface area contributed by atoms with Gasteiger partial charge < -0.3 is 9.30 Å². The average Bonchev–Trinajstić information content (AvgIpc) is 3.13. The predicted molar refractivity (Wildman–Crippen MR) is 87.1 cm³/mol. The van der Waals surface area contributed by atoms with Crippen molar-refractivity contribution in [3.05, 3.63) is 54.4 Å². The SMILES string of the molecule is Cc1ccc(-c2cn3ccc(N4CC[C@H](F)C4)cc3n2)cc1. The van der Waals surface area contributed by atoms with E-state index >= 15 is 0 Å². The molecule has 1 aliphatic rings. The second-order valence-corrected chi connectivity index (χ2v) is 5.97. The molecular weight excluding hydrogens is 277 g/mol. The van der Waals surface area contributed by atoms with E-state index in [4.69, 9.17) is 4.98 Å². The number of alkyl halides is 1. The zero-order valence-electron chi connectivity index (χ0n) is 12.5. The van der Waals surface area contributed by atoms with Crippen molar-refractivity contribution in [3.63, 3.8) is 0 Å². The van der Waals surface area contributed by atoms with Gasteiger partial charge in [-0.25, -0.2) is 9.37 Å². The summed E-state index contributed by atoms with van der Waals surface area (Å²) in [7, 11) is 0. The lowest BCUT2D eigenvalue weighted by molar-refractivity contribution is 0.364. The van der Waals surface area contributed by atoms with Crippen molar-refractivity contribution in [1.82, 2.24) is 9.38 Å². The van der Waals surface area contributed by atoms with E-state index in [2.05, 4.69) is 36.1 Å². The average molecular weight is 295 g/mol. The van der Waals surface area contributed by atoms with Crippen LogP contribution in [0.4, 0.5) is 10.1 Å². The Bertz CT molecular complexity index is 807. The number of fused-ring (bicyclic) bond motifs is 1. The number of hydrogen-bond donors (Lipinski definition) is 0. The van der Waals surface area contributed by atoms with E-state index < -0.39 is 6.17 Å². The van der Waals surface area contributed by atoms with Gasteiger partial charge in [-0.15, -0.1) is 0 Å². The van der Waals surface area contributed by atoms with Crippen LogP contribution in [0.15, 0.2) is 48.8 Å². The van der Waals surface area contributed by atoms with Crippen molar-refractivity contribution < 1.29 is 4.39 Å². The highest BCUT2D eigenvalue weighted by molar-refractivity contribution is 5.65. The lowest BCUT2D eigenvalue weighted by Gasteiger charge is -2.17. The van der Waals surface area contributed by atoms with Crippen LogP contribution in [0, 0.1) is 6.92 Å². The van der Waals surface area contributed by atoms with Gasteiger partial charge in [0.05, 0.1) is 5.69 Å². The Morgan fingerprint density at radius 1 is 1.18 bits per heavy atom. The molecule has 2 aromatic heterocycles. The molecule has 1 fully saturated rings. The van der Waals surface area contributed by atoms with Gasteiger partial charge >= 0.3 is 0 Å². The minimum atomic E-state index is -0.709. The van der Waals surface area contributed by atoms with Gasteiger partial charge in [0, 0.05) is 42.8 Å². The lowest BCUT2D eigenvalue weighted by Crippen LogP contribution is -2.19. The fourth-order valence-corrected chi connectivity index (χ4v) is 2.98. The van der Waals surface area contributed by atoms with Crippen molar-refractivity contribution in [1.29, 1.82) is 0 Å². The predicted octanol–water partition coefficient (Wildman–Crippen LogP) is 3.86. The number of anilines is 1. The molecule has 1 aliphatic heterocycles. The third kappa shape index (κ3) is 2.34. The smallest absolute Gasteiger partial charge is 0.139 e. The zero-order valence-corrected chi connectivity index (χ0v) is 12.5. The van der Waals surface area contributed by atoms with E-state index in [-0.39, 0.29) is 0 Å². The van der Waals surface area contributed by atoms with Gasteiger partial charge in [0.2, 0.25) is 0 Å². The van der Waals surface area contributed by atoms with E-state index in [0.29, 0.717) is 13.0 Å². The molecule has 0 bridgehead atoms. The van der Waals surface area contributed by atoms with Crippen LogP contribution in [0.1, 0.15) is 12.0 Å². The second-order valence-electron chi connectivity index (χ2n) is 5.97. The molecule has 4 heteroatoms. The molecule has 1 saturated heterocycles. The maximum atomic E-state index is 13.4. The Balaban J connectivity index is 1.70. The molecule has 0 saturated carbocycles. The van der Waals surface area contributed by atoms with Crippen LogP contribution in [-0.4, -0.2) is 28.6 Å². The first kappa shape index (κ1) is 13.3. The topological polar surface area (TPSA) is 20.5 Å². The summed E-state index contributed by atoms with van der Waals surface area (Å²) in [5.74, 6) is 0. The lowest BCUT2D eigenvalue weighted by atomic mass is 10.1. The second kappa shape index (κ2) is 5.13. The molecule has 112 valence electrons. The Labute approximate surface area is 129 Å². The summed E-state index contributed by atoms with van der Waals surface area (Å²) < 4.78 is 15.4. The maximum absolute atomic E-state index is 13.4. The molecule has 1 atom stereocenters. The normalized spacial score (nSPS) is 18.3. The van der Waals surface area contributed by atoms with Gasteiger partial charge in [-0.1, -0.05) is 29.8 Å². The molecule has 0 spiro atoms. The van der Waals surface area contributed by atoms with E-state index in [1.165, 1.54) is 5.56 Å². The highest BCUT2D eigenvalue weighted by Gasteiger charge is 2.22. The summed E-state index contributed by atoms with van der Waals surface area (Å²) >= 11 is 0. The number of pyridine rings is 1. The van der Waals surface area contributed by atoms with E-state index in [9.17, 15) is 4.39 Å². The molecule has 1 aromatic carbocycles. The third-order valence-corrected chi connectivity index (χ3v) is 4.29. The maximum Gasteiger partial charge on any atom is 0.139 e. The Hall–Kier alpha value is -2.36. The van der Waals surface area contributed by atoms with Crippen LogP contribution in [0.3, 0.4) is 0 Å². The quantitative estimate of drug-likeness (QED) is 0.715. The van der Waals surface area contributed by atoms with Crippen molar-refractivity contribution in [3.8, 4) is 11.3 Å². The number of hydrogen-bond acceptors (Lipinski definition) is 2. The van der Waals surface area contributed by atoms with E-state index in [1.807, 2.05) is 28.9 Å². The summed E-state index contributed by atoms with van der Waals surface area (Å²) in [6.07, 6.45) is 3.94. The van der Waals surface area contributed by atoms with Crippen molar-refractivity contribution in [2.75, 3.05) is 18.0 Å². The van der Waals surface area contributed by atoms with Crippen molar-refractivity contribution in [2.24, 2.45) is 0 Å². The van der Waals surface area contributed by atoms with E-state index in [1.54, 1.807) is 0 Å². The van der Waals surface area contributed by atoms with Crippen LogP contribution >= 0.6 is 0 Å². The van der Waals surface area contributed by atoms with Crippen LogP contribution in [0.5, 0.6) is 0 Å². The Morgan fingerprint density at radius 2 is 2.00 bits per heavy atom. The van der Waals surface area contributed by atoms with Crippen LogP contribution in [0.25, 0.3) is 16.9 Å². The minimum absolute atomic E-state index is 0.488. The molecular formula is C18H18FN3. The molecule has 3 heterocycles. The highest BCUT2D eigenvalue weighted by atomic mass is 19.1. The zero-order chi connectivity index (χ0) is 15.1.